The fourth-order valence-electron chi connectivity index (χ4n) is 2.04. The van der Waals surface area contributed by atoms with E-state index in [1.54, 1.807) is 12.1 Å². The number of nitrogen functional groups attached to an aromatic ring is 1. The summed E-state index contributed by atoms with van der Waals surface area (Å²) in [6, 6.07) is 8.90. The van der Waals surface area contributed by atoms with Gasteiger partial charge in [0.05, 0.1) is 6.20 Å². The lowest BCUT2D eigenvalue weighted by molar-refractivity contribution is 0.103. The molecule has 0 fully saturated rings. The highest BCUT2D eigenvalue weighted by Gasteiger charge is 2.18. The van der Waals surface area contributed by atoms with Crippen molar-refractivity contribution in [3.05, 3.63) is 72.1 Å². The molecule has 0 spiro atoms. The predicted molar refractivity (Wildman–Crippen MR) is 75.6 cm³/mol. The fourth-order valence-corrected chi connectivity index (χ4v) is 2.04. The Morgan fingerprint density at radius 2 is 1.76 bits per heavy atom. The highest BCUT2D eigenvalue weighted by molar-refractivity contribution is 6.08. The Kier molecular flexibility index (Phi) is 3.19. The van der Waals surface area contributed by atoms with Gasteiger partial charge in [0.25, 0.3) is 0 Å². The number of benzene rings is 1. The predicted octanol–water partition coefficient (Wildman–Crippen LogP) is 2.22. The number of carbonyl (C=O) groups excluding carboxylic acids is 1. The average Bonchev–Trinajstić information content (AvgIpc) is 2.90. The number of imidazole rings is 1. The van der Waals surface area contributed by atoms with Gasteiger partial charge in [0, 0.05) is 23.6 Å². The second kappa shape index (κ2) is 5.16. The third kappa shape index (κ3) is 2.38. The van der Waals surface area contributed by atoms with Crippen LogP contribution in [0.3, 0.4) is 0 Å². The van der Waals surface area contributed by atoms with Crippen LogP contribution in [0.25, 0.3) is 5.69 Å². The van der Waals surface area contributed by atoms with Gasteiger partial charge in [-0.05, 0) is 36.4 Å². The Morgan fingerprint density at radius 3 is 2.43 bits per heavy atom. The lowest BCUT2D eigenvalue weighted by Crippen LogP contribution is -2.11. The first-order valence-electron chi connectivity index (χ1n) is 6.20. The van der Waals surface area contributed by atoms with Crippen LogP contribution in [-0.4, -0.2) is 20.3 Å². The van der Waals surface area contributed by atoms with Gasteiger partial charge in [0.1, 0.15) is 11.5 Å². The summed E-state index contributed by atoms with van der Waals surface area (Å²) in [5.74, 6) is -0.426. The zero-order valence-corrected chi connectivity index (χ0v) is 10.9. The van der Waals surface area contributed by atoms with Gasteiger partial charge in [0.15, 0.2) is 0 Å². The van der Waals surface area contributed by atoms with E-state index in [1.165, 1.54) is 47.4 Å². The van der Waals surface area contributed by atoms with E-state index in [1.807, 2.05) is 0 Å². The molecule has 1 aromatic carbocycles. The van der Waals surface area contributed by atoms with Crippen molar-refractivity contribution in [1.82, 2.24) is 14.5 Å². The van der Waals surface area contributed by atoms with Crippen molar-refractivity contribution < 1.29 is 9.18 Å². The summed E-state index contributed by atoms with van der Waals surface area (Å²) in [4.78, 5) is 20.4. The summed E-state index contributed by atoms with van der Waals surface area (Å²) in [5, 5.41) is 0. The number of hydrogen-bond acceptors (Lipinski definition) is 4. The Hall–Kier alpha value is -3.02. The molecule has 2 heterocycles. The number of rotatable bonds is 3. The van der Waals surface area contributed by atoms with Gasteiger partial charge in [-0.1, -0.05) is 0 Å². The van der Waals surface area contributed by atoms with Crippen LogP contribution in [0.4, 0.5) is 10.3 Å². The van der Waals surface area contributed by atoms with Crippen LogP contribution in [0.1, 0.15) is 16.1 Å². The third-order valence-electron chi connectivity index (χ3n) is 3.05. The highest BCUT2D eigenvalue weighted by atomic mass is 19.1. The number of hydrogen-bond donors (Lipinski definition) is 1. The summed E-state index contributed by atoms with van der Waals surface area (Å²) >= 11 is 0. The van der Waals surface area contributed by atoms with Crippen LogP contribution in [0.15, 0.2) is 55.0 Å². The van der Waals surface area contributed by atoms with Crippen LogP contribution < -0.4 is 5.73 Å². The van der Waals surface area contributed by atoms with Crippen molar-refractivity contribution >= 4 is 11.7 Å². The topological polar surface area (TPSA) is 73.8 Å². The molecule has 0 saturated carbocycles. The van der Waals surface area contributed by atoms with E-state index >= 15 is 0 Å². The molecule has 0 aliphatic carbocycles. The van der Waals surface area contributed by atoms with Crippen molar-refractivity contribution in [2.24, 2.45) is 0 Å². The van der Waals surface area contributed by atoms with Crippen molar-refractivity contribution in [2.75, 3.05) is 5.73 Å². The minimum absolute atomic E-state index is 0.166. The minimum Gasteiger partial charge on any atom is -0.369 e. The van der Waals surface area contributed by atoms with Gasteiger partial charge >= 0.3 is 0 Å². The molecule has 0 aliphatic rings. The normalized spacial score (nSPS) is 10.5. The van der Waals surface area contributed by atoms with Crippen LogP contribution in [0.2, 0.25) is 0 Å². The molecule has 5 nitrogen and oxygen atoms in total. The number of anilines is 1. The van der Waals surface area contributed by atoms with E-state index in [2.05, 4.69) is 9.97 Å². The van der Waals surface area contributed by atoms with E-state index in [0.717, 1.165) is 0 Å². The van der Waals surface area contributed by atoms with E-state index in [-0.39, 0.29) is 17.5 Å². The number of nitrogens with zero attached hydrogens (tertiary/aromatic N) is 3. The Bertz CT molecular complexity index is 781. The molecule has 0 aliphatic heterocycles. The molecule has 0 radical (unpaired) electrons. The Balaban J connectivity index is 2.09. The maximum Gasteiger partial charge on any atom is 0.211 e. The summed E-state index contributed by atoms with van der Waals surface area (Å²) in [6.45, 7) is 0. The molecular weight excluding hydrogens is 271 g/mol. The highest BCUT2D eigenvalue weighted by Crippen LogP contribution is 2.19. The lowest BCUT2D eigenvalue weighted by Gasteiger charge is -2.09. The second-order valence-electron chi connectivity index (χ2n) is 4.38. The first-order chi connectivity index (χ1) is 10.2. The van der Waals surface area contributed by atoms with Crippen LogP contribution >= 0.6 is 0 Å². The van der Waals surface area contributed by atoms with Gasteiger partial charge in [-0.25, -0.2) is 9.37 Å². The minimum atomic E-state index is -0.362. The molecule has 2 N–H and O–H groups in total. The Labute approximate surface area is 119 Å². The zero-order chi connectivity index (χ0) is 14.8. The van der Waals surface area contributed by atoms with Crippen LogP contribution in [0.5, 0.6) is 0 Å². The molecule has 0 bridgehead atoms. The standard InChI is InChI=1S/C15H11FN4O/c16-11-1-3-12(4-2-11)20-13(9-19-15(20)17)14(21)10-5-7-18-8-6-10/h1-9H,(H2,17,19). The van der Waals surface area contributed by atoms with Gasteiger partial charge in [0.2, 0.25) is 11.7 Å². The molecule has 0 unspecified atom stereocenters. The van der Waals surface area contributed by atoms with Crippen molar-refractivity contribution in [3.8, 4) is 5.69 Å². The SMILES string of the molecule is Nc1ncc(C(=O)c2ccncc2)n1-c1ccc(F)cc1. The smallest absolute Gasteiger partial charge is 0.211 e. The number of carbonyl (C=O) groups is 1. The zero-order valence-electron chi connectivity index (χ0n) is 10.9. The van der Waals surface area contributed by atoms with Crippen molar-refractivity contribution in [1.29, 1.82) is 0 Å². The van der Waals surface area contributed by atoms with Gasteiger partial charge in [-0.3, -0.25) is 14.3 Å². The quantitative estimate of drug-likeness (QED) is 0.747. The number of pyridine rings is 1. The fraction of sp³-hybridized carbons (Fsp3) is 0. The van der Waals surface area contributed by atoms with E-state index in [9.17, 15) is 9.18 Å². The second-order valence-corrected chi connectivity index (χ2v) is 4.38. The molecule has 21 heavy (non-hydrogen) atoms. The lowest BCUT2D eigenvalue weighted by atomic mass is 10.1. The molecular formula is C15H11FN4O. The molecule has 2 aromatic heterocycles. The monoisotopic (exact) mass is 282 g/mol. The number of nitrogens with two attached hydrogens (primary N) is 1. The third-order valence-corrected chi connectivity index (χ3v) is 3.05. The van der Waals surface area contributed by atoms with E-state index in [4.69, 9.17) is 5.73 Å². The van der Waals surface area contributed by atoms with Crippen LogP contribution in [-0.2, 0) is 0 Å². The Morgan fingerprint density at radius 1 is 1.10 bits per heavy atom. The van der Waals surface area contributed by atoms with Gasteiger partial charge in [-0.2, -0.15) is 0 Å². The molecule has 3 aromatic rings. The van der Waals surface area contributed by atoms with Gasteiger partial charge < -0.3 is 5.73 Å². The maximum atomic E-state index is 13.0. The molecule has 0 saturated heterocycles. The first-order valence-corrected chi connectivity index (χ1v) is 6.20. The maximum absolute atomic E-state index is 13.0. The van der Waals surface area contributed by atoms with Crippen LogP contribution in [0, 0.1) is 5.82 Å². The number of aromatic nitrogens is 3. The van der Waals surface area contributed by atoms with E-state index in [0.29, 0.717) is 16.9 Å². The molecule has 3 rings (SSSR count). The molecule has 6 heteroatoms. The van der Waals surface area contributed by atoms with Crippen molar-refractivity contribution in [3.63, 3.8) is 0 Å². The number of ketones is 1. The largest absolute Gasteiger partial charge is 0.369 e. The molecule has 0 amide bonds. The number of halogens is 1. The summed E-state index contributed by atoms with van der Waals surface area (Å²) < 4.78 is 14.5. The summed E-state index contributed by atoms with van der Waals surface area (Å²) in [5.41, 5.74) is 7.18. The first kappa shape index (κ1) is 13.0. The van der Waals surface area contributed by atoms with Crippen molar-refractivity contribution in [2.45, 2.75) is 0 Å². The molecule has 0 atom stereocenters. The average molecular weight is 282 g/mol. The molecule has 104 valence electrons. The summed E-state index contributed by atoms with van der Waals surface area (Å²) in [6.07, 6.45) is 4.48. The summed E-state index contributed by atoms with van der Waals surface area (Å²) in [7, 11) is 0. The van der Waals surface area contributed by atoms with Gasteiger partial charge in [-0.15, -0.1) is 0 Å². The van der Waals surface area contributed by atoms with E-state index < -0.39 is 0 Å².